The summed E-state index contributed by atoms with van der Waals surface area (Å²) in [6, 6.07) is 13.4. The van der Waals surface area contributed by atoms with E-state index >= 15 is 0 Å². The Kier molecular flexibility index (Phi) is 6.28. The molecule has 1 fully saturated rings. The van der Waals surface area contributed by atoms with Crippen LogP contribution in [0.3, 0.4) is 0 Å². The molecule has 1 aliphatic rings. The SMILES string of the molecule is C[C@@H]1CCCC[C@H]1NC(=O)COc1ccc(CCO)cc1-n1nc2ccccc2n1. The van der Waals surface area contributed by atoms with Crippen LogP contribution in [0.1, 0.15) is 38.2 Å². The molecule has 7 nitrogen and oxygen atoms in total. The Labute approximate surface area is 176 Å². The summed E-state index contributed by atoms with van der Waals surface area (Å²) >= 11 is 0. The van der Waals surface area contributed by atoms with Gasteiger partial charge in [-0.05, 0) is 55.0 Å². The van der Waals surface area contributed by atoms with E-state index in [9.17, 15) is 9.90 Å². The van der Waals surface area contributed by atoms with E-state index in [1.165, 1.54) is 11.2 Å². The quantitative estimate of drug-likeness (QED) is 0.627. The number of nitrogens with zero attached hydrogens (tertiary/aromatic N) is 3. The average molecular weight is 409 g/mol. The third kappa shape index (κ3) is 4.62. The number of hydrogen-bond acceptors (Lipinski definition) is 5. The lowest BCUT2D eigenvalue weighted by atomic mass is 9.86. The van der Waals surface area contributed by atoms with Gasteiger partial charge in [0.15, 0.2) is 6.61 Å². The van der Waals surface area contributed by atoms with Crippen molar-refractivity contribution < 1.29 is 14.6 Å². The van der Waals surface area contributed by atoms with Crippen LogP contribution in [0, 0.1) is 5.92 Å². The van der Waals surface area contributed by atoms with Crippen molar-refractivity contribution in [3.8, 4) is 11.4 Å². The number of fused-ring (bicyclic) bond motifs is 1. The maximum absolute atomic E-state index is 12.5. The van der Waals surface area contributed by atoms with E-state index in [1.807, 2.05) is 42.5 Å². The molecule has 0 saturated heterocycles. The van der Waals surface area contributed by atoms with E-state index in [4.69, 9.17) is 4.74 Å². The molecule has 0 aliphatic heterocycles. The van der Waals surface area contributed by atoms with Crippen molar-refractivity contribution in [3.05, 3.63) is 48.0 Å². The number of ether oxygens (including phenoxy) is 1. The minimum atomic E-state index is -0.113. The van der Waals surface area contributed by atoms with Crippen LogP contribution in [0.5, 0.6) is 5.75 Å². The fourth-order valence-electron chi connectivity index (χ4n) is 4.02. The third-order valence-corrected chi connectivity index (χ3v) is 5.74. The molecular formula is C23H28N4O3. The molecule has 0 bridgehead atoms. The molecule has 30 heavy (non-hydrogen) atoms. The summed E-state index contributed by atoms with van der Waals surface area (Å²) in [4.78, 5) is 14.0. The Morgan fingerprint density at radius 3 is 2.60 bits per heavy atom. The first-order chi connectivity index (χ1) is 14.6. The predicted octanol–water partition coefficient (Wildman–Crippen LogP) is 3.03. The first-order valence-electron chi connectivity index (χ1n) is 10.6. The highest BCUT2D eigenvalue weighted by molar-refractivity contribution is 5.78. The molecule has 7 heteroatoms. The molecule has 0 spiro atoms. The fraction of sp³-hybridized carbons (Fsp3) is 0.435. The van der Waals surface area contributed by atoms with E-state index in [-0.39, 0.29) is 25.2 Å². The normalized spacial score (nSPS) is 19.0. The number of aromatic nitrogens is 3. The van der Waals surface area contributed by atoms with Gasteiger partial charge in [-0.2, -0.15) is 0 Å². The highest BCUT2D eigenvalue weighted by Crippen LogP contribution is 2.26. The summed E-state index contributed by atoms with van der Waals surface area (Å²) in [5, 5.41) is 21.5. The van der Waals surface area contributed by atoms with Gasteiger partial charge < -0.3 is 15.2 Å². The van der Waals surface area contributed by atoms with E-state index in [2.05, 4.69) is 22.4 Å². The van der Waals surface area contributed by atoms with Crippen molar-refractivity contribution >= 4 is 16.9 Å². The second-order valence-corrected chi connectivity index (χ2v) is 7.98. The number of amides is 1. The van der Waals surface area contributed by atoms with Crippen LogP contribution >= 0.6 is 0 Å². The van der Waals surface area contributed by atoms with Crippen molar-refractivity contribution in [1.29, 1.82) is 0 Å². The van der Waals surface area contributed by atoms with Gasteiger partial charge in [0.2, 0.25) is 0 Å². The second-order valence-electron chi connectivity index (χ2n) is 7.98. The minimum Gasteiger partial charge on any atom is -0.481 e. The van der Waals surface area contributed by atoms with Crippen molar-refractivity contribution in [1.82, 2.24) is 20.3 Å². The summed E-state index contributed by atoms with van der Waals surface area (Å²) in [6.07, 6.45) is 5.09. The molecule has 1 aliphatic carbocycles. The summed E-state index contributed by atoms with van der Waals surface area (Å²) in [5.41, 5.74) is 3.15. The molecule has 1 saturated carbocycles. The lowest BCUT2D eigenvalue weighted by Gasteiger charge is -2.29. The zero-order chi connectivity index (χ0) is 20.9. The Hall–Kier alpha value is -2.93. The topological polar surface area (TPSA) is 89.3 Å². The number of aliphatic hydroxyl groups excluding tert-OH is 1. The largest absolute Gasteiger partial charge is 0.481 e. The van der Waals surface area contributed by atoms with Crippen molar-refractivity contribution in [2.45, 2.75) is 45.1 Å². The number of nitrogens with one attached hydrogen (secondary N) is 1. The Bertz CT molecular complexity index is 984. The van der Waals surface area contributed by atoms with Crippen molar-refractivity contribution in [3.63, 3.8) is 0 Å². The van der Waals surface area contributed by atoms with Crippen LogP contribution in [0.15, 0.2) is 42.5 Å². The van der Waals surface area contributed by atoms with Crippen LogP contribution in [0.4, 0.5) is 0 Å². The molecule has 1 amide bonds. The van der Waals surface area contributed by atoms with E-state index in [1.54, 1.807) is 0 Å². The molecule has 4 rings (SSSR count). The molecule has 3 aromatic rings. The van der Waals surface area contributed by atoms with Gasteiger partial charge in [0.25, 0.3) is 5.91 Å². The average Bonchev–Trinajstić information content (AvgIpc) is 3.19. The molecule has 2 aromatic carbocycles. The maximum Gasteiger partial charge on any atom is 0.258 e. The van der Waals surface area contributed by atoms with Gasteiger partial charge in [-0.15, -0.1) is 15.0 Å². The number of hydrogen-bond donors (Lipinski definition) is 2. The Morgan fingerprint density at radius 1 is 1.17 bits per heavy atom. The molecule has 158 valence electrons. The summed E-state index contributed by atoms with van der Waals surface area (Å²) in [6.45, 7) is 2.18. The molecule has 1 aromatic heterocycles. The molecular weight excluding hydrogens is 380 g/mol. The van der Waals surface area contributed by atoms with E-state index in [0.717, 1.165) is 35.9 Å². The van der Waals surface area contributed by atoms with Gasteiger partial charge >= 0.3 is 0 Å². The number of aliphatic hydroxyl groups is 1. The lowest BCUT2D eigenvalue weighted by Crippen LogP contribution is -2.43. The number of carbonyl (C=O) groups is 1. The van der Waals surface area contributed by atoms with Crippen LogP contribution in [0.25, 0.3) is 16.7 Å². The second kappa shape index (κ2) is 9.26. The monoisotopic (exact) mass is 408 g/mol. The maximum atomic E-state index is 12.5. The predicted molar refractivity (Wildman–Crippen MR) is 115 cm³/mol. The molecule has 2 atom stereocenters. The van der Waals surface area contributed by atoms with Gasteiger partial charge in [-0.25, -0.2) is 0 Å². The van der Waals surface area contributed by atoms with E-state index < -0.39 is 0 Å². The summed E-state index contributed by atoms with van der Waals surface area (Å²) in [5.74, 6) is 0.915. The van der Waals surface area contributed by atoms with Crippen molar-refractivity contribution in [2.75, 3.05) is 13.2 Å². The zero-order valence-corrected chi connectivity index (χ0v) is 17.3. The van der Waals surface area contributed by atoms with Gasteiger partial charge in [0.05, 0.1) is 0 Å². The highest BCUT2D eigenvalue weighted by atomic mass is 16.5. The number of carbonyl (C=O) groups excluding carboxylic acids is 1. The van der Waals surface area contributed by atoms with Gasteiger partial charge in [-0.1, -0.05) is 38.0 Å². The molecule has 0 unspecified atom stereocenters. The highest BCUT2D eigenvalue weighted by Gasteiger charge is 2.23. The minimum absolute atomic E-state index is 0.0517. The van der Waals surface area contributed by atoms with Crippen LogP contribution in [0.2, 0.25) is 0 Å². The molecule has 0 radical (unpaired) electrons. The number of rotatable bonds is 7. The van der Waals surface area contributed by atoms with Gasteiger partial charge in [0.1, 0.15) is 22.5 Å². The summed E-state index contributed by atoms with van der Waals surface area (Å²) < 4.78 is 5.88. The van der Waals surface area contributed by atoms with Gasteiger partial charge in [-0.3, -0.25) is 4.79 Å². The van der Waals surface area contributed by atoms with E-state index in [0.29, 0.717) is 23.8 Å². The number of benzene rings is 2. The summed E-state index contributed by atoms with van der Waals surface area (Å²) in [7, 11) is 0. The fourth-order valence-corrected chi connectivity index (χ4v) is 4.02. The first kappa shape index (κ1) is 20.3. The standard InChI is InChI=1S/C23H28N4O3/c1-16-6-2-3-7-18(16)24-23(29)15-30-22-11-10-17(12-13-28)14-21(22)27-25-19-8-4-5-9-20(19)26-27/h4-5,8-11,14,16,18,28H,2-3,6-7,12-13,15H2,1H3,(H,24,29)/t16-,18-/m1/s1. The van der Waals surface area contributed by atoms with Gasteiger partial charge in [0, 0.05) is 12.6 Å². The lowest BCUT2D eigenvalue weighted by molar-refractivity contribution is -0.124. The first-order valence-corrected chi connectivity index (χ1v) is 10.6. The van der Waals surface area contributed by atoms with Crippen molar-refractivity contribution in [2.24, 2.45) is 5.92 Å². The van der Waals surface area contributed by atoms with Crippen LogP contribution in [-0.4, -0.2) is 45.3 Å². The van der Waals surface area contributed by atoms with Crippen LogP contribution < -0.4 is 10.1 Å². The smallest absolute Gasteiger partial charge is 0.258 e. The third-order valence-electron chi connectivity index (χ3n) is 5.74. The molecule has 2 N–H and O–H groups in total. The Morgan fingerprint density at radius 2 is 1.90 bits per heavy atom. The molecule has 1 heterocycles. The Balaban J connectivity index is 1.52. The zero-order valence-electron chi connectivity index (χ0n) is 17.3. The van der Waals surface area contributed by atoms with Crippen LogP contribution in [-0.2, 0) is 11.2 Å².